The van der Waals surface area contributed by atoms with Gasteiger partial charge in [-0.05, 0) is 32.0 Å². The Balaban J connectivity index is 0.00000364. The lowest BCUT2D eigenvalue weighted by Crippen LogP contribution is -2.38. The third-order valence-corrected chi connectivity index (χ3v) is 4.76. The second-order valence-electron chi connectivity index (χ2n) is 5.37. The lowest BCUT2D eigenvalue weighted by atomic mass is 10.2. The summed E-state index contributed by atoms with van der Waals surface area (Å²) in [6.07, 6.45) is 2.65. The Kier molecular flexibility index (Phi) is 11.1. The minimum atomic E-state index is -2.87. The highest BCUT2D eigenvalue weighted by Gasteiger charge is 2.10. The fraction of sp³-hybridized carbons (Fsp3) is 0.412. The maximum Gasteiger partial charge on any atom is 0.387 e. The number of benzene rings is 1. The molecule has 0 unspecified atom stereocenters. The van der Waals surface area contributed by atoms with Crippen LogP contribution in [0.1, 0.15) is 22.4 Å². The van der Waals surface area contributed by atoms with Gasteiger partial charge in [-0.2, -0.15) is 8.78 Å². The van der Waals surface area contributed by atoms with Crippen LogP contribution in [0.25, 0.3) is 0 Å². The molecule has 2 aromatic rings. The van der Waals surface area contributed by atoms with E-state index in [0.29, 0.717) is 24.6 Å². The Hall–Kier alpha value is -1.01. The zero-order valence-corrected chi connectivity index (χ0v) is 19.7. The van der Waals surface area contributed by atoms with Gasteiger partial charge in [-0.1, -0.05) is 15.9 Å². The Morgan fingerprint density at radius 3 is 2.78 bits per heavy atom. The normalized spacial score (nSPS) is 11.3. The molecule has 0 radical (unpaired) electrons. The van der Waals surface area contributed by atoms with E-state index in [-0.39, 0.29) is 36.3 Å². The van der Waals surface area contributed by atoms with Crippen molar-refractivity contribution in [3.63, 3.8) is 0 Å². The molecule has 1 aromatic heterocycles. The van der Waals surface area contributed by atoms with Crippen molar-refractivity contribution in [2.45, 2.75) is 33.4 Å². The third-order valence-electron chi connectivity index (χ3n) is 3.29. The lowest BCUT2D eigenvalue weighted by Gasteiger charge is -2.13. The summed E-state index contributed by atoms with van der Waals surface area (Å²) in [5.41, 5.74) is 0.576. The van der Waals surface area contributed by atoms with Crippen LogP contribution in [0.2, 0.25) is 0 Å². The van der Waals surface area contributed by atoms with Crippen LogP contribution in [0.3, 0.4) is 0 Å². The van der Waals surface area contributed by atoms with Crippen LogP contribution in [-0.4, -0.2) is 30.6 Å². The SMILES string of the molecule is CCNC(=NCc1cc(Br)ccc1OC(F)F)NCCc1ncc(C)s1.I. The number of alkyl halides is 2. The maximum absolute atomic E-state index is 12.6. The summed E-state index contributed by atoms with van der Waals surface area (Å²) in [6.45, 7) is 2.71. The van der Waals surface area contributed by atoms with Crippen molar-refractivity contribution in [1.29, 1.82) is 0 Å². The zero-order valence-electron chi connectivity index (χ0n) is 15.0. The molecule has 1 heterocycles. The molecule has 0 spiro atoms. The Labute approximate surface area is 187 Å². The van der Waals surface area contributed by atoms with Crippen LogP contribution in [-0.2, 0) is 13.0 Å². The quantitative estimate of drug-likeness (QED) is 0.272. The summed E-state index contributed by atoms with van der Waals surface area (Å²) in [4.78, 5) is 9.97. The summed E-state index contributed by atoms with van der Waals surface area (Å²) < 4.78 is 30.4. The maximum atomic E-state index is 12.6. The molecule has 0 saturated heterocycles. The van der Waals surface area contributed by atoms with Crippen molar-refractivity contribution in [3.8, 4) is 5.75 Å². The minimum Gasteiger partial charge on any atom is -0.434 e. The highest BCUT2D eigenvalue weighted by Crippen LogP contribution is 2.25. The third kappa shape index (κ3) is 8.69. The monoisotopic (exact) mass is 574 g/mol. The van der Waals surface area contributed by atoms with Gasteiger partial charge in [0.15, 0.2) is 5.96 Å². The average molecular weight is 575 g/mol. The highest BCUT2D eigenvalue weighted by molar-refractivity contribution is 14.0. The van der Waals surface area contributed by atoms with E-state index in [0.717, 1.165) is 15.9 Å². The molecule has 1 aromatic carbocycles. The first kappa shape index (κ1) is 24.0. The molecule has 0 atom stereocenters. The fourth-order valence-electron chi connectivity index (χ4n) is 2.19. The summed E-state index contributed by atoms with van der Waals surface area (Å²) in [6, 6.07) is 4.89. The number of hydrogen-bond donors (Lipinski definition) is 2. The molecule has 150 valence electrons. The van der Waals surface area contributed by atoms with Crippen LogP contribution >= 0.6 is 51.2 Å². The van der Waals surface area contributed by atoms with E-state index in [1.54, 1.807) is 23.5 Å². The topological polar surface area (TPSA) is 58.5 Å². The van der Waals surface area contributed by atoms with Crippen molar-refractivity contribution >= 4 is 57.2 Å². The number of aryl methyl sites for hydroxylation is 1. The van der Waals surface area contributed by atoms with E-state index < -0.39 is 6.61 Å². The molecule has 5 nitrogen and oxygen atoms in total. The van der Waals surface area contributed by atoms with Crippen LogP contribution in [0.5, 0.6) is 5.75 Å². The summed E-state index contributed by atoms with van der Waals surface area (Å²) >= 11 is 5.01. The van der Waals surface area contributed by atoms with Gasteiger partial charge in [0.2, 0.25) is 0 Å². The number of nitrogens with zero attached hydrogens (tertiary/aromatic N) is 2. The smallest absolute Gasteiger partial charge is 0.387 e. The molecule has 0 amide bonds. The van der Waals surface area contributed by atoms with E-state index in [1.165, 1.54) is 10.9 Å². The number of rotatable bonds is 8. The van der Waals surface area contributed by atoms with Gasteiger partial charge < -0.3 is 15.4 Å². The standard InChI is InChI=1S/C17H21BrF2N4OS.HI/c1-3-21-17(22-7-6-15-23-9-11(2)26-15)24-10-12-8-13(18)4-5-14(12)25-16(19)20;/h4-5,8-9,16H,3,6-7,10H2,1-2H3,(H2,21,22,24);1H. The average Bonchev–Trinajstić information content (AvgIpc) is 2.99. The number of nitrogens with one attached hydrogen (secondary N) is 2. The molecule has 10 heteroatoms. The summed E-state index contributed by atoms with van der Waals surface area (Å²) in [7, 11) is 0. The summed E-state index contributed by atoms with van der Waals surface area (Å²) in [5, 5.41) is 7.43. The first-order valence-electron chi connectivity index (χ1n) is 8.14. The molecule has 0 aliphatic heterocycles. The number of aliphatic imine (C=N–C) groups is 1. The zero-order chi connectivity index (χ0) is 18.9. The molecule has 0 bridgehead atoms. The van der Waals surface area contributed by atoms with Gasteiger partial charge in [-0.15, -0.1) is 35.3 Å². The van der Waals surface area contributed by atoms with Crippen molar-refractivity contribution in [3.05, 3.63) is 44.3 Å². The van der Waals surface area contributed by atoms with Gasteiger partial charge in [0.25, 0.3) is 0 Å². The van der Waals surface area contributed by atoms with Crippen LogP contribution in [0.4, 0.5) is 8.78 Å². The Morgan fingerprint density at radius 2 is 2.15 bits per heavy atom. The van der Waals surface area contributed by atoms with Crippen LogP contribution in [0, 0.1) is 6.92 Å². The second kappa shape index (κ2) is 12.4. The van der Waals surface area contributed by atoms with E-state index in [1.807, 2.05) is 20.0 Å². The largest absolute Gasteiger partial charge is 0.434 e. The van der Waals surface area contributed by atoms with Gasteiger partial charge in [0.1, 0.15) is 5.75 Å². The van der Waals surface area contributed by atoms with Gasteiger partial charge in [0, 0.05) is 40.6 Å². The molecule has 0 aliphatic rings. The lowest BCUT2D eigenvalue weighted by molar-refractivity contribution is -0.0504. The van der Waals surface area contributed by atoms with E-state index in [4.69, 9.17) is 0 Å². The van der Waals surface area contributed by atoms with Gasteiger partial charge in [-0.3, -0.25) is 0 Å². The molecular formula is C17H22BrF2IN4OS. The number of hydrogen-bond acceptors (Lipinski definition) is 4. The number of ether oxygens (including phenoxy) is 1. The second-order valence-corrected chi connectivity index (χ2v) is 7.60. The van der Waals surface area contributed by atoms with Gasteiger partial charge in [-0.25, -0.2) is 9.98 Å². The molecule has 0 saturated carbocycles. The van der Waals surface area contributed by atoms with E-state index >= 15 is 0 Å². The van der Waals surface area contributed by atoms with Crippen molar-refractivity contribution < 1.29 is 13.5 Å². The predicted octanol–water partition coefficient (Wildman–Crippen LogP) is 4.73. The first-order chi connectivity index (χ1) is 12.5. The Bertz CT molecular complexity index is 745. The van der Waals surface area contributed by atoms with Crippen molar-refractivity contribution in [1.82, 2.24) is 15.6 Å². The number of halogens is 4. The molecule has 27 heavy (non-hydrogen) atoms. The molecule has 0 fully saturated rings. The van der Waals surface area contributed by atoms with Gasteiger partial charge in [0.05, 0.1) is 11.6 Å². The molecular weight excluding hydrogens is 553 g/mol. The minimum absolute atomic E-state index is 0. The molecule has 2 rings (SSSR count). The molecule has 2 N–H and O–H groups in total. The molecule has 0 aliphatic carbocycles. The number of thiazole rings is 1. The van der Waals surface area contributed by atoms with Crippen LogP contribution < -0.4 is 15.4 Å². The number of aromatic nitrogens is 1. The number of guanidine groups is 1. The van der Waals surface area contributed by atoms with Gasteiger partial charge >= 0.3 is 6.61 Å². The Morgan fingerprint density at radius 1 is 1.37 bits per heavy atom. The van der Waals surface area contributed by atoms with Crippen LogP contribution in [0.15, 0.2) is 33.9 Å². The van der Waals surface area contributed by atoms with Crippen molar-refractivity contribution in [2.75, 3.05) is 13.1 Å². The first-order valence-corrected chi connectivity index (χ1v) is 9.75. The van der Waals surface area contributed by atoms with Crippen molar-refractivity contribution in [2.24, 2.45) is 4.99 Å². The predicted molar refractivity (Wildman–Crippen MR) is 120 cm³/mol. The highest BCUT2D eigenvalue weighted by atomic mass is 127. The van der Waals surface area contributed by atoms with E-state index in [2.05, 4.69) is 41.3 Å². The summed E-state index contributed by atoms with van der Waals surface area (Å²) in [5.74, 6) is 0.741. The fourth-order valence-corrected chi connectivity index (χ4v) is 3.39. The van der Waals surface area contributed by atoms with E-state index in [9.17, 15) is 8.78 Å².